The van der Waals surface area contributed by atoms with E-state index in [1.807, 2.05) is 0 Å². The monoisotopic (exact) mass is 255 g/mol. The van der Waals surface area contributed by atoms with E-state index in [-0.39, 0.29) is 0 Å². The number of morpholine rings is 1. The summed E-state index contributed by atoms with van der Waals surface area (Å²) in [6, 6.07) is 1.44. The van der Waals surface area contributed by atoms with Gasteiger partial charge in [-0.15, -0.1) is 0 Å². The summed E-state index contributed by atoms with van der Waals surface area (Å²) in [7, 11) is 2.05. The maximum Gasteiger partial charge on any atom is 0.0594 e. The Morgan fingerprint density at radius 2 is 2.06 bits per heavy atom. The Hall–Kier alpha value is -0.160. The number of nitrogens with zero attached hydrogens (tertiary/aromatic N) is 2. The van der Waals surface area contributed by atoms with E-state index < -0.39 is 0 Å². The van der Waals surface area contributed by atoms with Crippen LogP contribution in [0, 0.1) is 0 Å². The third-order valence-corrected chi connectivity index (χ3v) is 4.41. The molecule has 2 saturated heterocycles. The smallest absolute Gasteiger partial charge is 0.0594 e. The highest BCUT2D eigenvalue weighted by molar-refractivity contribution is 4.84. The number of hydrogen-bond acceptors (Lipinski definition) is 4. The van der Waals surface area contributed by atoms with Gasteiger partial charge in [0, 0.05) is 31.7 Å². The van der Waals surface area contributed by atoms with Crippen LogP contribution in [0.1, 0.15) is 26.2 Å². The van der Waals surface area contributed by atoms with Crippen LogP contribution in [0.15, 0.2) is 0 Å². The van der Waals surface area contributed by atoms with Crippen LogP contribution in [0.5, 0.6) is 0 Å². The third-order valence-electron chi connectivity index (χ3n) is 4.41. The molecule has 2 unspecified atom stereocenters. The van der Waals surface area contributed by atoms with Crippen LogP contribution in [0.3, 0.4) is 0 Å². The van der Waals surface area contributed by atoms with Gasteiger partial charge in [0.25, 0.3) is 0 Å². The molecule has 0 radical (unpaired) electrons. The van der Waals surface area contributed by atoms with E-state index in [0.717, 1.165) is 32.3 Å². The van der Waals surface area contributed by atoms with Gasteiger partial charge in [0.05, 0.1) is 13.2 Å². The molecule has 2 aliphatic heterocycles. The van der Waals surface area contributed by atoms with E-state index in [0.29, 0.717) is 6.04 Å². The summed E-state index contributed by atoms with van der Waals surface area (Å²) in [5.41, 5.74) is 0. The number of nitrogens with one attached hydrogen (secondary N) is 1. The van der Waals surface area contributed by atoms with Crippen molar-refractivity contribution in [2.24, 2.45) is 0 Å². The molecule has 106 valence electrons. The fourth-order valence-corrected chi connectivity index (χ4v) is 3.02. The van der Waals surface area contributed by atoms with Crippen molar-refractivity contribution in [3.63, 3.8) is 0 Å². The van der Waals surface area contributed by atoms with Gasteiger partial charge in [-0.3, -0.25) is 4.90 Å². The Kier molecular flexibility index (Phi) is 5.89. The molecule has 0 spiro atoms. The van der Waals surface area contributed by atoms with E-state index in [4.69, 9.17) is 4.74 Å². The molecule has 4 heteroatoms. The van der Waals surface area contributed by atoms with E-state index in [1.165, 1.54) is 38.9 Å². The maximum absolute atomic E-state index is 5.43. The van der Waals surface area contributed by atoms with Gasteiger partial charge < -0.3 is 15.0 Å². The first kappa shape index (κ1) is 14.3. The zero-order valence-electron chi connectivity index (χ0n) is 12.0. The highest BCUT2D eigenvalue weighted by Gasteiger charge is 2.28. The molecule has 0 saturated carbocycles. The van der Waals surface area contributed by atoms with Crippen LogP contribution in [0.2, 0.25) is 0 Å². The standard InChI is InChI=1S/C14H29N3O/c1-13(15-2)4-3-6-16-7-5-14(12-16)17-8-10-18-11-9-17/h13-15H,3-12H2,1-2H3. The molecule has 18 heavy (non-hydrogen) atoms. The van der Waals surface area contributed by atoms with Gasteiger partial charge in [-0.25, -0.2) is 0 Å². The van der Waals surface area contributed by atoms with Gasteiger partial charge in [-0.1, -0.05) is 0 Å². The Balaban J connectivity index is 1.62. The predicted octanol–water partition coefficient (Wildman–Crippen LogP) is 0.781. The highest BCUT2D eigenvalue weighted by atomic mass is 16.5. The fourth-order valence-electron chi connectivity index (χ4n) is 3.02. The highest BCUT2D eigenvalue weighted by Crippen LogP contribution is 2.17. The van der Waals surface area contributed by atoms with Crippen molar-refractivity contribution < 1.29 is 4.74 Å². The molecule has 4 nitrogen and oxygen atoms in total. The molecular weight excluding hydrogens is 226 g/mol. The van der Waals surface area contributed by atoms with E-state index in [9.17, 15) is 0 Å². The van der Waals surface area contributed by atoms with Crippen LogP contribution < -0.4 is 5.32 Å². The quantitative estimate of drug-likeness (QED) is 0.759. The number of hydrogen-bond donors (Lipinski definition) is 1. The second-order valence-corrected chi connectivity index (χ2v) is 5.72. The summed E-state index contributed by atoms with van der Waals surface area (Å²) in [6.07, 6.45) is 3.95. The van der Waals surface area contributed by atoms with Crippen molar-refractivity contribution in [1.82, 2.24) is 15.1 Å². The summed E-state index contributed by atoms with van der Waals surface area (Å²) in [5.74, 6) is 0. The Morgan fingerprint density at radius 3 is 2.78 bits per heavy atom. The van der Waals surface area contributed by atoms with Gasteiger partial charge >= 0.3 is 0 Å². The first-order valence-corrected chi connectivity index (χ1v) is 7.51. The van der Waals surface area contributed by atoms with Crippen LogP contribution in [-0.4, -0.2) is 74.9 Å². The lowest BCUT2D eigenvalue weighted by Gasteiger charge is -2.32. The van der Waals surface area contributed by atoms with Gasteiger partial charge in [0.2, 0.25) is 0 Å². The largest absolute Gasteiger partial charge is 0.379 e. The van der Waals surface area contributed by atoms with Crippen molar-refractivity contribution in [3.8, 4) is 0 Å². The third kappa shape index (κ3) is 4.19. The van der Waals surface area contributed by atoms with Crippen molar-refractivity contribution in [3.05, 3.63) is 0 Å². The van der Waals surface area contributed by atoms with Crippen molar-refractivity contribution >= 4 is 0 Å². The van der Waals surface area contributed by atoms with Crippen LogP contribution >= 0.6 is 0 Å². The van der Waals surface area contributed by atoms with Crippen molar-refractivity contribution in [2.45, 2.75) is 38.3 Å². The molecule has 0 aromatic heterocycles. The van der Waals surface area contributed by atoms with Crippen LogP contribution in [0.4, 0.5) is 0 Å². The molecule has 2 rings (SSSR count). The van der Waals surface area contributed by atoms with Gasteiger partial charge in [-0.2, -0.15) is 0 Å². The summed E-state index contributed by atoms with van der Waals surface area (Å²) in [6.45, 7) is 10.2. The average molecular weight is 255 g/mol. The maximum atomic E-state index is 5.43. The van der Waals surface area contributed by atoms with Gasteiger partial charge in [0.1, 0.15) is 0 Å². The Labute approximate surface area is 112 Å². The van der Waals surface area contributed by atoms with Crippen molar-refractivity contribution in [1.29, 1.82) is 0 Å². The summed E-state index contributed by atoms with van der Waals surface area (Å²) >= 11 is 0. The fraction of sp³-hybridized carbons (Fsp3) is 1.00. The molecule has 0 aromatic carbocycles. The zero-order chi connectivity index (χ0) is 12.8. The minimum absolute atomic E-state index is 0.655. The Bertz CT molecular complexity index is 231. The lowest BCUT2D eigenvalue weighted by molar-refractivity contribution is 0.0185. The number of ether oxygens (including phenoxy) is 1. The average Bonchev–Trinajstić information content (AvgIpc) is 2.88. The van der Waals surface area contributed by atoms with Crippen LogP contribution in [0.25, 0.3) is 0 Å². The second kappa shape index (κ2) is 7.43. The molecule has 0 aliphatic carbocycles. The lowest BCUT2D eigenvalue weighted by atomic mass is 10.2. The van der Waals surface area contributed by atoms with Gasteiger partial charge in [-0.05, 0) is 46.3 Å². The lowest BCUT2D eigenvalue weighted by Crippen LogP contribution is -2.44. The topological polar surface area (TPSA) is 27.7 Å². The predicted molar refractivity (Wildman–Crippen MR) is 75.0 cm³/mol. The van der Waals surface area contributed by atoms with E-state index >= 15 is 0 Å². The number of likely N-dealkylation sites (tertiary alicyclic amines) is 1. The molecule has 2 fully saturated rings. The molecule has 2 heterocycles. The second-order valence-electron chi connectivity index (χ2n) is 5.72. The Morgan fingerprint density at radius 1 is 1.28 bits per heavy atom. The molecular formula is C14H29N3O. The molecule has 2 aliphatic rings. The molecule has 0 aromatic rings. The molecule has 1 N–H and O–H groups in total. The first-order chi connectivity index (χ1) is 8.79. The number of rotatable bonds is 6. The van der Waals surface area contributed by atoms with Crippen LogP contribution in [-0.2, 0) is 4.74 Å². The van der Waals surface area contributed by atoms with Crippen molar-refractivity contribution in [2.75, 3.05) is 53.0 Å². The first-order valence-electron chi connectivity index (χ1n) is 7.51. The van der Waals surface area contributed by atoms with E-state index in [2.05, 4.69) is 29.1 Å². The van der Waals surface area contributed by atoms with E-state index in [1.54, 1.807) is 0 Å². The zero-order valence-corrected chi connectivity index (χ0v) is 12.0. The molecule has 0 bridgehead atoms. The molecule has 2 atom stereocenters. The minimum atomic E-state index is 0.655. The summed E-state index contributed by atoms with van der Waals surface area (Å²) in [4.78, 5) is 5.27. The summed E-state index contributed by atoms with van der Waals surface area (Å²) < 4.78 is 5.43. The molecule has 0 amide bonds. The minimum Gasteiger partial charge on any atom is -0.379 e. The summed E-state index contributed by atoms with van der Waals surface area (Å²) in [5, 5.41) is 3.31. The normalized spacial score (nSPS) is 28.7. The van der Waals surface area contributed by atoms with Gasteiger partial charge in [0.15, 0.2) is 0 Å². The SMILES string of the molecule is CNC(C)CCCN1CCC(N2CCOCC2)C1.